The van der Waals surface area contributed by atoms with Crippen molar-refractivity contribution in [1.82, 2.24) is 0 Å². The standard InChI is InChI=1S/C8H3F13O/c9-3(10,1-2-22)4(11,12)5(13,14)6(15,16)7(17,18)8(19,20)21/h2H,1H2. The summed E-state index contributed by atoms with van der Waals surface area (Å²) in [6.45, 7) is 0. The first-order chi connectivity index (χ1) is 9.31. The fourth-order valence-electron chi connectivity index (χ4n) is 1.03. The number of carbonyl (C=O) groups excluding carboxylic acids is 1. The van der Waals surface area contributed by atoms with Crippen LogP contribution in [0.15, 0.2) is 0 Å². The van der Waals surface area contributed by atoms with Crippen LogP contribution in [0.3, 0.4) is 0 Å². The van der Waals surface area contributed by atoms with Crippen LogP contribution in [-0.2, 0) is 4.79 Å². The largest absolute Gasteiger partial charge is 0.460 e. The summed E-state index contributed by atoms with van der Waals surface area (Å²) in [4.78, 5) is 9.63. The molecule has 0 amide bonds. The molecule has 0 fully saturated rings. The molecule has 14 heteroatoms. The SMILES string of the molecule is O=CCC(F)(F)C(F)(F)C(F)(F)C(F)(F)C(F)(F)C(F)(F)F. The average Bonchev–Trinajstić information content (AvgIpc) is 2.26. The van der Waals surface area contributed by atoms with Gasteiger partial charge < -0.3 is 4.79 Å². The van der Waals surface area contributed by atoms with E-state index in [9.17, 15) is 61.9 Å². The number of halogens is 13. The quantitative estimate of drug-likeness (QED) is 0.508. The fourth-order valence-corrected chi connectivity index (χ4v) is 1.03. The van der Waals surface area contributed by atoms with Crippen LogP contribution in [-0.4, -0.2) is 42.1 Å². The lowest BCUT2D eigenvalue weighted by Gasteiger charge is -2.39. The summed E-state index contributed by atoms with van der Waals surface area (Å²) in [6, 6.07) is 0. The molecule has 0 radical (unpaired) electrons. The van der Waals surface area contributed by atoms with Crippen LogP contribution >= 0.6 is 0 Å². The summed E-state index contributed by atoms with van der Waals surface area (Å²) >= 11 is 0. The number of hydrogen-bond donors (Lipinski definition) is 0. The van der Waals surface area contributed by atoms with Crippen molar-refractivity contribution in [1.29, 1.82) is 0 Å². The molecular weight excluding hydrogens is 359 g/mol. The lowest BCUT2D eigenvalue weighted by atomic mass is 9.93. The number of alkyl halides is 13. The van der Waals surface area contributed by atoms with Crippen LogP contribution < -0.4 is 0 Å². The zero-order valence-corrected chi connectivity index (χ0v) is 9.61. The van der Waals surface area contributed by atoms with E-state index in [1.54, 1.807) is 0 Å². The summed E-state index contributed by atoms with van der Waals surface area (Å²) in [5.74, 6) is -37.2. The number of hydrogen-bond acceptors (Lipinski definition) is 1. The van der Waals surface area contributed by atoms with Gasteiger partial charge in [0, 0.05) is 0 Å². The molecular formula is C8H3F13O. The molecule has 0 bridgehead atoms. The van der Waals surface area contributed by atoms with Crippen molar-refractivity contribution in [2.24, 2.45) is 0 Å². The average molecular weight is 362 g/mol. The zero-order chi connectivity index (χ0) is 18.4. The van der Waals surface area contributed by atoms with Crippen molar-refractivity contribution in [2.45, 2.75) is 42.2 Å². The third kappa shape index (κ3) is 2.59. The van der Waals surface area contributed by atoms with Crippen LogP contribution in [0.25, 0.3) is 0 Å². The molecule has 0 aromatic heterocycles. The van der Waals surface area contributed by atoms with Crippen LogP contribution in [0, 0.1) is 0 Å². The van der Waals surface area contributed by atoms with Crippen molar-refractivity contribution in [3.63, 3.8) is 0 Å². The Labute approximate surface area is 112 Å². The van der Waals surface area contributed by atoms with E-state index < -0.39 is 48.5 Å². The normalized spacial score (nSPS) is 15.9. The predicted octanol–water partition coefficient (Wildman–Crippen LogP) is 4.31. The van der Waals surface area contributed by atoms with Gasteiger partial charge in [0.2, 0.25) is 0 Å². The molecule has 0 saturated heterocycles. The highest BCUT2D eigenvalue weighted by atomic mass is 19.4. The minimum absolute atomic E-state index is 1.13. The lowest BCUT2D eigenvalue weighted by Crippen LogP contribution is -2.70. The topological polar surface area (TPSA) is 17.1 Å². The lowest BCUT2D eigenvalue weighted by molar-refractivity contribution is -0.439. The van der Waals surface area contributed by atoms with Gasteiger partial charge in [0.05, 0.1) is 6.42 Å². The summed E-state index contributed by atoms with van der Waals surface area (Å²) in [5, 5.41) is 0. The predicted molar refractivity (Wildman–Crippen MR) is 41.5 cm³/mol. The molecule has 0 aromatic rings. The fraction of sp³-hybridized carbons (Fsp3) is 0.875. The molecule has 0 heterocycles. The van der Waals surface area contributed by atoms with Crippen molar-refractivity contribution < 1.29 is 61.9 Å². The summed E-state index contributed by atoms with van der Waals surface area (Å²) in [7, 11) is 0. The van der Waals surface area contributed by atoms with Crippen LogP contribution in [0.5, 0.6) is 0 Å². The van der Waals surface area contributed by atoms with Gasteiger partial charge in [0.1, 0.15) is 6.29 Å². The third-order valence-corrected chi connectivity index (χ3v) is 2.34. The highest BCUT2D eigenvalue weighted by Crippen LogP contribution is 2.60. The molecule has 0 spiro atoms. The van der Waals surface area contributed by atoms with Gasteiger partial charge >= 0.3 is 35.8 Å². The Balaban J connectivity index is 6.16. The first kappa shape index (κ1) is 20.8. The summed E-state index contributed by atoms with van der Waals surface area (Å²) in [5.41, 5.74) is 0. The molecule has 0 aliphatic heterocycles. The van der Waals surface area contributed by atoms with Crippen molar-refractivity contribution in [3.8, 4) is 0 Å². The van der Waals surface area contributed by atoms with Gasteiger partial charge in [-0.2, -0.15) is 57.1 Å². The first-order valence-corrected chi connectivity index (χ1v) is 4.70. The van der Waals surface area contributed by atoms with E-state index in [4.69, 9.17) is 0 Å². The molecule has 0 aliphatic rings. The second-order valence-corrected chi connectivity index (χ2v) is 3.87. The van der Waals surface area contributed by atoms with Gasteiger partial charge in [-0.1, -0.05) is 0 Å². The van der Waals surface area contributed by atoms with E-state index >= 15 is 0 Å². The highest BCUT2D eigenvalue weighted by molar-refractivity contribution is 5.51. The molecule has 0 rings (SSSR count). The molecule has 0 N–H and O–H groups in total. The third-order valence-electron chi connectivity index (χ3n) is 2.34. The van der Waals surface area contributed by atoms with Gasteiger partial charge in [-0.25, -0.2) is 0 Å². The molecule has 0 saturated carbocycles. The van der Waals surface area contributed by atoms with E-state index in [0.717, 1.165) is 0 Å². The number of rotatable bonds is 6. The summed E-state index contributed by atoms with van der Waals surface area (Å²) in [6.07, 6.45) is -11.4. The van der Waals surface area contributed by atoms with Crippen LogP contribution in [0.4, 0.5) is 57.1 Å². The number of carbonyl (C=O) groups is 1. The second-order valence-electron chi connectivity index (χ2n) is 3.87. The Morgan fingerprint density at radius 2 is 0.864 bits per heavy atom. The molecule has 0 aliphatic carbocycles. The van der Waals surface area contributed by atoms with Gasteiger partial charge in [0.15, 0.2) is 0 Å². The van der Waals surface area contributed by atoms with E-state index in [0.29, 0.717) is 0 Å². The molecule has 22 heavy (non-hydrogen) atoms. The minimum Gasteiger partial charge on any atom is -0.303 e. The Bertz CT molecular complexity index is 420. The van der Waals surface area contributed by atoms with Gasteiger partial charge in [-0.3, -0.25) is 0 Å². The van der Waals surface area contributed by atoms with Crippen LogP contribution in [0.1, 0.15) is 6.42 Å². The maximum Gasteiger partial charge on any atom is 0.460 e. The highest BCUT2D eigenvalue weighted by Gasteiger charge is 2.90. The Morgan fingerprint density at radius 3 is 1.14 bits per heavy atom. The van der Waals surface area contributed by atoms with Crippen molar-refractivity contribution in [3.05, 3.63) is 0 Å². The van der Waals surface area contributed by atoms with E-state index in [1.165, 1.54) is 0 Å². The Morgan fingerprint density at radius 1 is 0.545 bits per heavy atom. The van der Waals surface area contributed by atoms with Crippen molar-refractivity contribution >= 4 is 6.29 Å². The van der Waals surface area contributed by atoms with Gasteiger partial charge in [0.25, 0.3) is 0 Å². The monoisotopic (exact) mass is 362 g/mol. The van der Waals surface area contributed by atoms with Crippen LogP contribution in [0.2, 0.25) is 0 Å². The molecule has 0 aromatic carbocycles. The van der Waals surface area contributed by atoms with E-state index in [-0.39, 0.29) is 0 Å². The molecule has 0 unspecified atom stereocenters. The van der Waals surface area contributed by atoms with Crippen molar-refractivity contribution in [2.75, 3.05) is 0 Å². The Hall–Kier alpha value is -1.24. The van der Waals surface area contributed by atoms with E-state index in [1.807, 2.05) is 0 Å². The first-order valence-electron chi connectivity index (χ1n) is 4.70. The number of aldehydes is 1. The maximum absolute atomic E-state index is 12.7. The Kier molecular flexibility index (Phi) is 4.86. The molecule has 0 atom stereocenters. The van der Waals surface area contributed by atoms with E-state index in [2.05, 4.69) is 0 Å². The van der Waals surface area contributed by atoms with Gasteiger partial charge in [-0.15, -0.1) is 0 Å². The van der Waals surface area contributed by atoms with Gasteiger partial charge in [-0.05, 0) is 0 Å². The minimum atomic E-state index is -7.92. The molecule has 132 valence electrons. The molecule has 1 nitrogen and oxygen atoms in total. The zero-order valence-electron chi connectivity index (χ0n) is 9.61. The summed E-state index contributed by atoms with van der Waals surface area (Å²) < 4.78 is 161. The smallest absolute Gasteiger partial charge is 0.303 e. The maximum atomic E-state index is 12.7. The second kappa shape index (κ2) is 5.15.